The van der Waals surface area contributed by atoms with Crippen LogP contribution in [0.2, 0.25) is 0 Å². The molecule has 2 aromatic carbocycles. The summed E-state index contributed by atoms with van der Waals surface area (Å²) in [6.45, 7) is 3.52. The van der Waals surface area contributed by atoms with Gasteiger partial charge in [0, 0.05) is 5.56 Å². The molecular weight excluding hydrogens is 351 g/mol. The molecule has 0 saturated carbocycles. The molecule has 0 aliphatic carbocycles. The van der Waals surface area contributed by atoms with E-state index in [1.165, 1.54) is 24.3 Å². The molecule has 0 bridgehead atoms. The van der Waals surface area contributed by atoms with Gasteiger partial charge in [-0.3, -0.25) is 14.4 Å². The summed E-state index contributed by atoms with van der Waals surface area (Å²) in [5.74, 6) is -2.50. The lowest BCUT2D eigenvalue weighted by molar-refractivity contribution is -0.137. The molecule has 0 aliphatic heterocycles. The molecule has 0 aliphatic rings. The van der Waals surface area contributed by atoms with Crippen molar-refractivity contribution in [2.45, 2.75) is 26.3 Å². The quantitative estimate of drug-likeness (QED) is 0.696. The van der Waals surface area contributed by atoms with Gasteiger partial charge in [0.1, 0.15) is 5.82 Å². The van der Waals surface area contributed by atoms with Gasteiger partial charge >= 0.3 is 5.97 Å². The summed E-state index contributed by atoms with van der Waals surface area (Å²) in [6.07, 6.45) is -0.359. The van der Waals surface area contributed by atoms with Crippen molar-refractivity contribution in [2.24, 2.45) is 0 Å². The van der Waals surface area contributed by atoms with Crippen LogP contribution < -0.4 is 10.6 Å². The second-order valence-electron chi connectivity index (χ2n) is 6.25. The van der Waals surface area contributed by atoms with Gasteiger partial charge in [-0.15, -0.1) is 0 Å². The average molecular weight is 372 g/mol. The zero-order valence-electron chi connectivity index (χ0n) is 15.1. The van der Waals surface area contributed by atoms with E-state index >= 15 is 0 Å². The zero-order chi connectivity index (χ0) is 20.0. The van der Waals surface area contributed by atoms with Gasteiger partial charge in [-0.2, -0.15) is 0 Å². The number of aryl methyl sites for hydroxylation is 2. The number of amides is 2. The lowest BCUT2D eigenvalue weighted by Crippen LogP contribution is -2.39. The third-order valence-electron chi connectivity index (χ3n) is 4.16. The number of rotatable bonds is 7. The van der Waals surface area contributed by atoms with E-state index in [2.05, 4.69) is 10.6 Å². The van der Waals surface area contributed by atoms with E-state index in [4.69, 9.17) is 5.11 Å². The maximum atomic E-state index is 13.0. The van der Waals surface area contributed by atoms with Crippen LogP contribution in [0.25, 0.3) is 0 Å². The van der Waals surface area contributed by atoms with Crippen LogP contribution in [0, 0.1) is 19.7 Å². The largest absolute Gasteiger partial charge is 0.481 e. The lowest BCUT2D eigenvalue weighted by Gasteiger charge is -2.18. The van der Waals surface area contributed by atoms with Gasteiger partial charge in [-0.1, -0.05) is 18.2 Å². The molecule has 6 nitrogen and oxygen atoms in total. The number of aliphatic carboxylic acids is 1. The van der Waals surface area contributed by atoms with Gasteiger partial charge in [0.2, 0.25) is 5.91 Å². The fraction of sp³-hybridized carbons (Fsp3) is 0.250. The number of carbonyl (C=O) groups excluding carboxylic acids is 2. The molecule has 1 atom stereocenters. The molecule has 0 aromatic heterocycles. The number of carboxylic acids is 1. The van der Waals surface area contributed by atoms with E-state index in [0.717, 1.165) is 11.1 Å². The molecule has 2 amide bonds. The summed E-state index contributed by atoms with van der Waals surface area (Å²) in [7, 11) is 0. The molecule has 0 spiro atoms. The van der Waals surface area contributed by atoms with Gasteiger partial charge in [-0.05, 0) is 54.8 Å². The van der Waals surface area contributed by atoms with E-state index in [9.17, 15) is 18.8 Å². The van der Waals surface area contributed by atoms with E-state index < -0.39 is 29.6 Å². The maximum Gasteiger partial charge on any atom is 0.305 e. The highest BCUT2D eigenvalue weighted by Gasteiger charge is 2.19. The summed E-state index contributed by atoms with van der Waals surface area (Å²) in [5.41, 5.74) is 2.92. The Kier molecular flexibility index (Phi) is 6.65. The van der Waals surface area contributed by atoms with Crippen LogP contribution in [0.4, 0.5) is 4.39 Å². The number of benzene rings is 2. The zero-order valence-corrected chi connectivity index (χ0v) is 15.1. The summed E-state index contributed by atoms with van der Waals surface area (Å²) in [6, 6.07) is 9.61. The summed E-state index contributed by atoms with van der Waals surface area (Å²) < 4.78 is 13.0. The summed E-state index contributed by atoms with van der Waals surface area (Å²) >= 11 is 0. The molecule has 0 saturated heterocycles. The van der Waals surface area contributed by atoms with Crippen LogP contribution in [0.3, 0.4) is 0 Å². The number of hydrogen-bond donors (Lipinski definition) is 3. The molecule has 0 radical (unpaired) electrons. The van der Waals surface area contributed by atoms with Crippen LogP contribution >= 0.6 is 0 Å². The molecule has 27 heavy (non-hydrogen) atoms. The first-order valence-electron chi connectivity index (χ1n) is 8.38. The van der Waals surface area contributed by atoms with Crippen LogP contribution in [0.15, 0.2) is 42.5 Å². The highest BCUT2D eigenvalue weighted by atomic mass is 19.1. The van der Waals surface area contributed by atoms with Crippen LogP contribution in [0.5, 0.6) is 0 Å². The predicted octanol–water partition coefficient (Wildman–Crippen LogP) is 2.50. The first-order valence-corrected chi connectivity index (χ1v) is 8.38. The topological polar surface area (TPSA) is 95.5 Å². The Morgan fingerprint density at radius 1 is 1.04 bits per heavy atom. The Morgan fingerprint density at radius 3 is 2.30 bits per heavy atom. The van der Waals surface area contributed by atoms with Crippen molar-refractivity contribution < 1.29 is 23.9 Å². The molecule has 0 heterocycles. The van der Waals surface area contributed by atoms with Crippen molar-refractivity contribution in [1.82, 2.24) is 10.6 Å². The molecule has 2 rings (SSSR count). The molecule has 1 unspecified atom stereocenters. The van der Waals surface area contributed by atoms with Crippen LogP contribution in [-0.2, 0) is 9.59 Å². The Morgan fingerprint density at radius 2 is 1.70 bits per heavy atom. The number of nitrogens with one attached hydrogen (secondary N) is 2. The SMILES string of the molecule is Cc1ccc(C(=O)NCC(=O)NC(CC(=O)O)c2ccc(F)cc2)cc1C. The molecule has 0 fully saturated rings. The first kappa shape index (κ1) is 20.1. The molecular formula is C20H21FN2O4. The van der Waals surface area contributed by atoms with Crippen molar-refractivity contribution in [2.75, 3.05) is 6.54 Å². The number of halogens is 1. The van der Waals surface area contributed by atoms with E-state index in [0.29, 0.717) is 11.1 Å². The monoisotopic (exact) mass is 372 g/mol. The standard InChI is InChI=1S/C20H21FN2O4/c1-12-3-4-15(9-13(12)2)20(27)22-11-18(24)23-17(10-19(25)26)14-5-7-16(21)8-6-14/h3-9,17H,10-11H2,1-2H3,(H,22,27)(H,23,24)(H,25,26). The first-order chi connectivity index (χ1) is 12.8. The predicted molar refractivity (Wildman–Crippen MR) is 97.8 cm³/mol. The number of carbonyl (C=O) groups is 3. The second-order valence-corrected chi connectivity index (χ2v) is 6.25. The van der Waals surface area contributed by atoms with Gasteiger partial charge in [0.25, 0.3) is 5.91 Å². The van der Waals surface area contributed by atoms with Gasteiger partial charge < -0.3 is 15.7 Å². The van der Waals surface area contributed by atoms with Crippen LogP contribution in [0.1, 0.15) is 39.5 Å². The highest BCUT2D eigenvalue weighted by molar-refractivity contribution is 5.96. The number of carboxylic acid groups (broad SMARTS) is 1. The third kappa shape index (κ3) is 5.91. The molecule has 142 valence electrons. The Bertz CT molecular complexity index is 850. The minimum absolute atomic E-state index is 0.303. The van der Waals surface area contributed by atoms with Gasteiger partial charge in [0.15, 0.2) is 0 Å². The Hall–Kier alpha value is -3.22. The number of hydrogen-bond acceptors (Lipinski definition) is 3. The minimum Gasteiger partial charge on any atom is -0.481 e. The molecule has 3 N–H and O–H groups in total. The maximum absolute atomic E-state index is 13.0. The van der Waals surface area contributed by atoms with Crippen molar-refractivity contribution in [3.05, 3.63) is 70.5 Å². The third-order valence-corrected chi connectivity index (χ3v) is 4.16. The minimum atomic E-state index is -1.11. The normalized spacial score (nSPS) is 11.5. The molecule has 7 heteroatoms. The van der Waals surface area contributed by atoms with Gasteiger partial charge in [0.05, 0.1) is 19.0 Å². The van der Waals surface area contributed by atoms with Gasteiger partial charge in [-0.25, -0.2) is 4.39 Å². The van der Waals surface area contributed by atoms with Crippen molar-refractivity contribution >= 4 is 17.8 Å². The highest BCUT2D eigenvalue weighted by Crippen LogP contribution is 2.17. The van der Waals surface area contributed by atoms with E-state index in [-0.39, 0.29) is 13.0 Å². The van der Waals surface area contributed by atoms with Crippen LogP contribution in [-0.4, -0.2) is 29.4 Å². The summed E-state index contributed by atoms with van der Waals surface area (Å²) in [4.78, 5) is 35.3. The van der Waals surface area contributed by atoms with Crippen molar-refractivity contribution in [3.8, 4) is 0 Å². The van der Waals surface area contributed by atoms with E-state index in [1.54, 1.807) is 12.1 Å². The molecule has 2 aromatic rings. The smallest absolute Gasteiger partial charge is 0.305 e. The summed E-state index contributed by atoms with van der Waals surface area (Å²) in [5, 5.41) is 14.1. The Balaban J connectivity index is 1.98. The van der Waals surface area contributed by atoms with E-state index in [1.807, 2.05) is 19.9 Å². The fourth-order valence-corrected chi connectivity index (χ4v) is 2.51. The fourth-order valence-electron chi connectivity index (χ4n) is 2.51. The van der Waals surface area contributed by atoms with Crippen molar-refractivity contribution in [3.63, 3.8) is 0 Å². The lowest BCUT2D eigenvalue weighted by atomic mass is 10.0. The average Bonchev–Trinajstić information content (AvgIpc) is 2.61. The Labute approximate surface area is 156 Å². The van der Waals surface area contributed by atoms with Crippen molar-refractivity contribution in [1.29, 1.82) is 0 Å². The second kappa shape index (κ2) is 8.93.